The summed E-state index contributed by atoms with van der Waals surface area (Å²) in [7, 11) is -3.82. The van der Waals surface area contributed by atoms with Crippen molar-refractivity contribution in [3.63, 3.8) is 0 Å². The van der Waals surface area contributed by atoms with Crippen molar-refractivity contribution in [2.45, 2.75) is 70.9 Å². The van der Waals surface area contributed by atoms with Crippen molar-refractivity contribution in [2.75, 3.05) is 16.9 Å². The fourth-order valence-electron chi connectivity index (χ4n) is 4.33. The zero-order valence-electron chi connectivity index (χ0n) is 26.6. The van der Waals surface area contributed by atoms with E-state index < -0.39 is 33.3 Å². The molecule has 0 unspecified atom stereocenters. The molecule has 0 saturated heterocycles. The Hall–Kier alpha value is -4.46. The molecule has 0 atom stereocenters. The molecular formula is C32H42N6O6S. The minimum Gasteiger partial charge on any atom is -0.442 e. The molecule has 5 N–H and O–H groups in total. The number of amidine groups is 1. The first kappa shape index (κ1) is 35.0. The second-order valence-corrected chi connectivity index (χ2v) is 14.0. The van der Waals surface area contributed by atoms with Gasteiger partial charge in [-0.2, -0.15) is 5.01 Å². The van der Waals surface area contributed by atoms with E-state index in [0.29, 0.717) is 23.2 Å². The highest BCUT2D eigenvalue weighted by Gasteiger charge is 2.32. The number of amides is 3. The predicted octanol–water partition coefficient (Wildman–Crippen LogP) is 6.34. The lowest BCUT2D eigenvalue weighted by molar-refractivity contribution is 0.0492. The highest BCUT2D eigenvalue weighted by molar-refractivity contribution is 7.89. The van der Waals surface area contributed by atoms with E-state index in [0.717, 1.165) is 5.01 Å². The van der Waals surface area contributed by atoms with Crippen LogP contribution in [0, 0.1) is 5.41 Å². The van der Waals surface area contributed by atoms with Crippen LogP contribution in [0.15, 0.2) is 77.7 Å². The number of nitrogens with one attached hydrogen (secondary N) is 4. The normalized spacial score (nSPS) is 11.8. The molecular weight excluding hydrogens is 596 g/mol. The maximum atomic E-state index is 13.7. The Morgan fingerprint density at radius 3 is 2.16 bits per heavy atom. The van der Waals surface area contributed by atoms with Gasteiger partial charge < -0.3 is 10.1 Å². The van der Waals surface area contributed by atoms with Crippen molar-refractivity contribution in [1.82, 2.24) is 15.2 Å². The van der Waals surface area contributed by atoms with Gasteiger partial charge in [-0.3, -0.25) is 16.1 Å². The Morgan fingerprint density at radius 1 is 0.933 bits per heavy atom. The van der Waals surface area contributed by atoms with Crippen LogP contribution in [0.2, 0.25) is 0 Å². The van der Waals surface area contributed by atoms with Gasteiger partial charge in [0.05, 0.1) is 10.6 Å². The molecule has 0 aliphatic heterocycles. The summed E-state index contributed by atoms with van der Waals surface area (Å²) in [5.41, 5.74) is 2.28. The van der Waals surface area contributed by atoms with Gasteiger partial charge in [0.25, 0.3) is 0 Å². The van der Waals surface area contributed by atoms with Gasteiger partial charge in [0.1, 0.15) is 11.4 Å². The Labute approximate surface area is 264 Å². The first-order valence-corrected chi connectivity index (χ1v) is 15.9. The molecule has 242 valence electrons. The number of urea groups is 1. The summed E-state index contributed by atoms with van der Waals surface area (Å²) in [4.78, 5) is 27.3. The molecule has 0 saturated carbocycles. The Morgan fingerprint density at radius 2 is 1.58 bits per heavy atom. The van der Waals surface area contributed by atoms with Crippen molar-refractivity contribution >= 4 is 39.4 Å². The molecule has 0 aliphatic carbocycles. The molecule has 12 nitrogen and oxygen atoms in total. The third-order valence-corrected chi connectivity index (χ3v) is 7.85. The summed E-state index contributed by atoms with van der Waals surface area (Å²) in [6.07, 6.45) is -0.323. The number of anilines is 2. The zero-order chi connectivity index (χ0) is 33.6. The number of benzene rings is 3. The Balaban J connectivity index is 1.96. The number of hydrazine groups is 1. The van der Waals surface area contributed by atoms with Crippen LogP contribution < -0.4 is 20.5 Å². The summed E-state index contributed by atoms with van der Waals surface area (Å²) in [6.45, 7) is 12.4. The van der Waals surface area contributed by atoms with Crippen molar-refractivity contribution in [1.29, 1.82) is 5.41 Å². The summed E-state index contributed by atoms with van der Waals surface area (Å²) in [5, 5.41) is 22.3. The van der Waals surface area contributed by atoms with Crippen molar-refractivity contribution in [3.8, 4) is 11.1 Å². The number of rotatable bonds is 8. The standard InChI is InChI=1S/C32H42N6O6S/c1-8-20-37(38(30(40)44-32(5,6)7)25-13-11-12-23(21-25)28(33)35-41)29(39)34-24-18-16-22(17-19-24)26-14-9-10-15-27(26)45(42,43)36-31(2,3)4/h9-19,21,36,41H,8,20H2,1-7H3,(H2,33,35)(H,34,39). The van der Waals surface area contributed by atoms with Gasteiger partial charge in [-0.15, -0.1) is 0 Å². The maximum Gasteiger partial charge on any atom is 0.434 e. The minimum absolute atomic E-state index is 0.130. The quantitative estimate of drug-likeness (QED) is 0.109. The number of sulfonamides is 1. The first-order chi connectivity index (χ1) is 21.0. The number of carbonyl (C=O) groups is 2. The third-order valence-electron chi connectivity index (χ3n) is 6.03. The number of carbonyl (C=O) groups excluding carboxylic acids is 2. The van der Waals surface area contributed by atoms with E-state index in [1.807, 2.05) is 6.92 Å². The minimum atomic E-state index is -3.82. The fraction of sp³-hybridized carbons (Fsp3) is 0.344. The maximum absolute atomic E-state index is 13.7. The van der Waals surface area contributed by atoms with Gasteiger partial charge in [-0.1, -0.05) is 49.4 Å². The van der Waals surface area contributed by atoms with E-state index in [2.05, 4.69) is 10.0 Å². The topological polar surface area (TPSA) is 164 Å². The van der Waals surface area contributed by atoms with Crippen molar-refractivity contribution in [3.05, 3.63) is 78.4 Å². The van der Waals surface area contributed by atoms with Crippen LogP contribution in [0.25, 0.3) is 11.1 Å². The molecule has 0 spiro atoms. The molecule has 3 aromatic carbocycles. The molecule has 3 amide bonds. The largest absolute Gasteiger partial charge is 0.442 e. The number of hydrogen-bond acceptors (Lipinski definition) is 7. The molecule has 3 aromatic rings. The molecule has 13 heteroatoms. The van der Waals surface area contributed by atoms with E-state index >= 15 is 0 Å². The molecule has 0 heterocycles. The Kier molecular flexibility index (Phi) is 11.0. The fourth-order valence-corrected chi connectivity index (χ4v) is 5.98. The van der Waals surface area contributed by atoms with E-state index in [-0.39, 0.29) is 28.5 Å². The Bertz CT molecular complexity index is 1630. The third kappa shape index (κ3) is 9.51. The van der Waals surface area contributed by atoms with Crippen LogP contribution >= 0.6 is 0 Å². The van der Waals surface area contributed by atoms with Crippen LogP contribution in [-0.2, 0) is 14.8 Å². The lowest BCUT2D eigenvalue weighted by Gasteiger charge is -2.35. The number of nitrogens with zero attached hydrogens (tertiary/aromatic N) is 2. The lowest BCUT2D eigenvalue weighted by Crippen LogP contribution is -2.53. The van der Waals surface area contributed by atoms with Gasteiger partial charge in [0, 0.05) is 28.9 Å². The van der Waals surface area contributed by atoms with Gasteiger partial charge in [-0.05, 0) is 83.9 Å². The lowest BCUT2D eigenvalue weighted by atomic mass is 10.1. The summed E-state index contributed by atoms with van der Waals surface area (Å²) >= 11 is 0. The van der Waals surface area contributed by atoms with Crippen LogP contribution in [0.5, 0.6) is 0 Å². The van der Waals surface area contributed by atoms with Gasteiger partial charge in [0.15, 0.2) is 0 Å². The van der Waals surface area contributed by atoms with Gasteiger partial charge >= 0.3 is 12.1 Å². The van der Waals surface area contributed by atoms with E-state index in [4.69, 9.17) is 10.1 Å². The molecule has 0 aromatic heterocycles. The molecule has 0 aliphatic rings. The van der Waals surface area contributed by atoms with E-state index in [1.54, 1.807) is 114 Å². The molecule has 0 radical (unpaired) electrons. The number of hydroxylamine groups is 1. The smallest absolute Gasteiger partial charge is 0.434 e. The average molecular weight is 639 g/mol. The zero-order valence-corrected chi connectivity index (χ0v) is 27.5. The summed E-state index contributed by atoms with van der Waals surface area (Å²) in [5.74, 6) is -0.295. The van der Waals surface area contributed by atoms with E-state index in [1.165, 1.54) is 11.1 Å². The number of hydrogen-bond donors (Lipinski definition) is 5. The first-order valence-electron chi connectivity index (χ1n) is 14.4. The van der Waals surface area contributed by atoms with Crippen LogP contribution in [0.3, 0.4) is 0 Å². The second-order valence-electron chi connectivity index (χ2n) is 12.3. The van der Waals surface area contributed by atoms with Crippen LogP contribution in [-0.4, -0.2) is 54.3 Å². The second kappa shape index (κ2) is 14.1. The molecule has 45 heavy (non-hydrogen) atoms. The number of ether oxygens (including phenoxy) is 1. The van der Waals surface area contributed by atoms with E-state index in [9.17, 15) is 23.2 Å². The summed E-state index contributed by atoms with van der Waals surface area (Å²) in [6, 6.07) is 18.9. The van der Waals surface area contributed by atoms with Crippen molar-refractivity contribution in [2.24, 2.45) is 0 Å². The summed E-state index contributed by atoms with van der Waals surface area (Å²) < 4.78 is 34.6. The van der Waals surface area contributed by atoms with Crippen LogP contribution in [0.1, 0.15) is 60.5 Å². The SMILES string of the molecule is CCCN(C(=O)Nc1ccc(-c2ccccc2S(=O)(=O)NC(C)(C)C)cc1)N(C(=O)OC(C)(C)C)c1cccc(C(=N)NO)c1. The molecule has 0 fully saturated rings. The monoisotopic (exact) mass is 638 g/mol. The van der Waals surface area contributed by atoms with Gasteiger partial charge in [-0.25, -0.2) is 27.7 Å². The predicted molar refractivity (Wildman–Crippen MR) is 175 cm³/mol. The highest BCUT2D eigenvalue weighted by Crippen LogP contribution is 2.29. The highest BCUT2D eigenvalue weighted by atomic mass is 32.2. The molecule has 0 bridgehead atoms. The van der Waals surface area contributed by atoms with Gasteiger partial charge in [0.2, 0.25) is 10.0 Å². The molecule has 3 rings (SSSR count). The average Bonchev–Trinajstić information content (AvgIpc) is 2.95. The van der Waals surface area contributed by atoms with Crippen LogP contribution in [0.4, 0.5) is 21.0 Å². The van der Waals surface area contributed by atoms with Crippen molar-refractivity contribution < 1.29 is 28.0 Å².